The van der Waals surface area contributed by atoms with Crippen LogP contribution in [0.2, 0.25) is 0 Å². The molecular formula is C18H23N2O+. The molecule has 1 atom stereocenters. The molecule has 0 spiro atoms. The molecule has 0 aliphatic rings. The molecule has 0 bridgehead atoms. The maximum Gasteiger partial charge on any atom is 0.293 e. The van der Waals surface area contributed by atoms with Crippen LogP contribution in [0.3, 0.4) is 0 Å². The number of carbonyl (C=O) groups is 1. The number of aryl methyl sites for hydroxylation is 3. The molecule has 0 fully saturated rings. The zero-order chi connectivity index (χ0) is 15.4. The molecule has 1 heterocycles. The summed E-state index contributed by atoms with van der Waals surface area (Å²) in [5.74, 6) is 0.000191. The molecule has 0 saturated heterocycles. The van der Waals surface area contributed by atoms with Crippen molar-refractivity contribution in [3.8, 4) is 0 Å². The van der Waals surface area contributed by atoms with Gasteiger partial charge in [-0.3, -0.25) is 4.79 Å². The molecule has 1 amide bonds. The minimum atomic E-state index is -0.238. The number of hydrogen-bond donors (Lipinski definition) is 1. The van der Waals surface area contributed by atoms with E-state index in [2.05, 4.69) is 30.6 Å². The normalized spacial score (nSPS) is 12.0. The number of nitrogens with one attached hydrogen (secondary N) is 1. The average Bonchev–Trinajstić information content (AvgIpc) is 2.49. The second-order valence-corrected chi connectivity index (χ2v) is 5.47. The van der Waals surface area contributed by atoms with Crippen molar-refractivity contribution < 1.29 is 9.36 Å². The van der Waals surface area contributed by atoms with Gasteiger partial charge in [0.2, 0.25) is 6.04 Å². The van der Waals surface area contributed by atoms with Gasteiger partial charge in [0.15, 0.2) is 11.9 Å². The number of anilines is 1. The molecule has 0 saturated carbocycles. The largest absolute Gasteiger partial charge is 0.320 e. The minimum Gasteiger partial charge on any atom is -0.320 e. The first-order valence-corrected chi connectivity index (χ1v) is 7.39. The van der Waals surface area contributed by atoms with E-state index in [4.69, 9.17) is 0 Å². The van der Waals surface area contributed by atoms with Crippen molar-refractivity contribution in [2.75, 3.05) is 5.32 Å². The summed E-state index contributed by atoms with van der Waals surface area (Å²) in [6, 6.07) is 11.8. The average molecular weight is 283 g/mol. The second-order valence-electron chi connectivity index (χ2n) is 5.47. The number of carbonyl (C=O) groups excluding carboxylic acids is 1. The van der Waals surface area contributed by atoms with Gasteiger partial charge in [-0.15, -0.1) is 0 Å². The van der Waals surface area contributed by atoms with Gasteiger partial charge in [-0.2, -0.15) is 4.57 Å². The van der Waals surface area contributed by atoms with E-state index in [-0.39, 0.29) is 11.9 Å². The van der Waals surface area contributed by atoms with Gasteiger partial charge in [0.25, 0.3) is 5.91 Å². The van der Waals surface area contributed by atoms with Crippen molar-refractivity contribution >= 4 is 11.6 Å². The predicted molar refractivity (Wildman–Crippen MR) is 85.3 cm³/mol. The van der Waals surface area contributed by atoms with Crippen LogP contribution in [0.15, 0.2) is 42.6 Å². The van der Waals surface area contributed by atoms with Gasteiger partial charge in [-0.1, -0.05) is 24.6 Å². The number of amides is 1. The third kappa shape index (κ3) is 3.69. The second kappa shape index (κ2) is 6.53. The Balaban J connectivity index is 2.17. The molecule has 21 heavy (non-hydrogen) atoms. The Kier molecular flexibility index (Phi) is 4.73. The fourth-order valence-corrected chi connectivity index (χ4v) is 2.27. The zero-order valence-electron chi connectivity index (χ0n) is 13.2. The third-order valence-corrected chi connectivity index (χ3v) is 3.77. The number of pyridine rings is 1. The van der Waals surface area contributed by atoms with Gasteiger partial charge in [0.1, 0.15) is 0 Å². The van der Waals surface area contributed by atoms with Gasteiger partial charge in [0.05, 0.1) is 0 Å². The molecule has 0 aliphatic heterocycles. The smallest absolute Gasteiger partial charge is 0.293 e. The summed E-state index contributed by atoms with van der Waals surface area (Å²) < 4.78 is 2.03. The lowest BCUT2D eigenvalue weighted by molar-refractivity contribution is -0.711. The van der Waals surface area contributed by atoms with Crippen LogP contribution in [-0.2, 0) is 11.2 Å². The summed E-state index contributed by atoms with van der Waals surface area (Å²) in [7, 11) is 0. The zero-order valence-corrected chi connectivity index (χ0v) is 13.2. The Morgan fingerprint density at radius 3 is 2.43 bits per heavy atom. The van der Waals surface area contributed by atoms with Gasteiger partial charge in [0, 0.05) is 31.2 Å². The Morgan fingerprint density at radius 1 is 1.14 bits per heavy atom. The quantitative estimate of drug-likeness (QED) is 0.858. The maximum absolute atomic E-state index is 12.4. The molecular weight excluding hydrogens is 260 g/mol. The molecule has 1 aromatic heterocycles. The van der Waals surface area contributed by atoms with Gasteiger partial charge >= 0.3 is 0 Å². The van der Waals surface area contributed by atoms with Crippen LogP contribution in [0.25, 0.3) is 0 Å². The van der Waals surface area contributed by atoms with Crippen molar-refractivity contribution in [3.63, 3.8) is 0 Å². The fourth-order valence-electron chi connectivity index (χ4n) is 2.27. The van der Waals surface area contributed by atoms with E-state index in [1.165, 1.54) is 11.1 Å². The Labute approximate surface area is 126 Å². The Bertz CT molecular complexity index is 632. The van der Waals surface area contributed by atoms with Crippen molar-refractivity contribution in [1.29, 1.82) is 0 Å². The topological polar surface area (TPSA) is 33.0 Å². The van der Waals surface area contributed by atoms with Crippen LogP contribution in [0.5, 0.6) is 0 Å². The highest BCUT2D eigenvalue weighted by Crippen LogP contribution is 2.11. The molecule has 0 unspecified atom stereocenters. The van der Waals surface area contributed by atoms with Crippen LogP contribution >= 0.6 is 0 Å². The maximum atomic E-state index is 12.4. The summed E-state index contributed by atoms with van der Waals surface area (Å²) >= 11 is 0. The van der Waals surface area contributed by atoms with Crippen molar-refractivity contribution in [2.24, 2.45) is 0 Å². The van der Waals surface area contributed by atoms with Gasteiger partial charge in [-0.25, -0.2) is 0 Å². The number of rotatable bonds is 4. The van der Waals surface area contributed by atoms with E-state index in [1.54, 1.807) is 0 Å². The molecule has 3 nitrogen and oxygen atoms in total. The molecule has 0 radical (unpaired) electrons. The standard InChI is InChI=1S/C18H22N2O/c1-5-16-9-8-14(3)20(12-16)15(4)18(21)19-17-10-6-13(2)7-11-17/h6-12,15H,5H2,1-4H3/p+1/t15-/m0/s1. The van der Waals surface area contributed by atoms with Crippen LogP contribution < -0.4 is 9.88 Å². The summed E-state index contributed by atoms with van der Waals surface area (Å²) in [6.45, 7) is 8.10. The molecule has 0 aliphatic carbocycles. The van der Waals surface area contributed by atoms with Crippen molar-refractivity contribution in [2.45, 2.75) is 40.2 Å². The first-order valence-electron chi connectivity index (χ1n) is 7.39. The monoisotopic (exact) mass is 283 g/mol. The first kappa shape index (κ1) is 15.2. The molecule has 2 rings (SSSR count). The van der Waals surface area contributed by atoms with E-state index < -0.39 is 0 Å². The molecule has 1 aromatic carbocycles. The summed E-state index contributed by atoms with van der Waals surface area (Å²) in [6.07, 6.45) is 3.03. The fraction of sp³-hybridized carbons (Fsp3) is 0.333. The number of hydrogen-bond acceptors (Lipinski definition) is 1. The highest BCUT2D eigenvalue weighted by Gasteiger charge is 2.24. The van der Waals surface area contributed by atoms with E-state index >= 15 is 0 Å². The molecule has 2 aromatic rings. The molecule has 1 N–H and O–H groups in total. The van der Waals surface area contributed by atoms with Gasteiger partial charge in [-0.05, 0) is 31.5 Å². The van der Waals surface area contributed by atoms with Crippen LogP contribution in [-0.4, -0.2) is 5.91 Å². The Hall–Kier alpha value is -2.16. The van der Waals surface area contributed by atoms with Crippen LogP contribution in [0.4, 0.5) is 5.69 Å². The Morgan fingerprint density at radius 2 is 1.81 bits per heavy atom. The van der Waals surface area contributed by atoms with Crippen LogP contribution in [0.1, 0.15) is 36.7 Å². The summed E-state index contributed by atoms with van der Waals surface area (Å²) in [5, 5.41) is 2.97. The third-order valence-electron chi connectivity index (χ3n) is 3.77. The summed E-state index contributed by atoms with van der Waals surface area (Å²) in [5.41, 5.74) is 4.33. The van der Waals surface area contributed by atoms with Crippen LogP contribution in [0, 0.1) is 13.8 Å². The predicted octanol–water partition coefficient (Wildman–Crippen LogP) is 3.35. The number of aromatic nitrogens is 1. The minimum absolute atomic E-state index is 0.000191. The van der Waals surface area contributed by atoms with Crippen molar-refractivity contribution in [1.82, 2.24) is 0 Å². The van der Waals surface area contributed by atoms with Gasteiger partial charge < -0.3 is 5.32 Å². The molecule has 3 heteroatoms. The van der Waals surface area contributed by atoms with E-state index in [9.17, 15) is 4.79 Å². The number of benzene rings is 1. The highest BCUT2D eigenvalue weighted by atomic mass is 16.2. The van der Waals surface area contributed by atoms with E-state index in [1.807, 2.05) is 49.6 Å². The van der Waals surface area contributed by atoms with E-state index in [0.29, 0.717) is 0 Å². The SMILES string of the molecule is CCc1ccc(C)[n+]([C@@H](C)C(=O)Nc2ccc(C)cc2)c1. The summed E-state index contributed by atoms with van der Waals surface area (Å²) in [4.78, 5) is 12.4. The lowest BCUT2D eigenvalue weighted by Gasteiger charge is -2.11. The molecule has 110 valence electrons. The lowest BCUT2D eigenvalue weighted by atomic mass is 10.1. The lowest BCUT2D eigenvalue weighted by Crippen LogP contribution is -2.47. The first-order chi connectivity index (χ1) is 10.0. The highest BCUT2D eigenvalue weighted by molar-refractivity contribution is 5.92. The van der Waals surface area contributed by atoms with E-state index in [0.717, 1.165) is 17.8 Å². The number of nitrogens with zero attached hydrogens (tertiary/aromatic N) is 1. The van der Waals surface area contributed by atoms with Crippen molar-refractivity contribution in [3.05, 3.63) is 59.4 Å².